The first kappa shape index (κ1) is 24.7. The van der Waals surface area contributed by atoms with Crippen LogP contribution in [0.1, 0.15) is 6.92 Å². The minimum absolute atomic E-state index is 0.0811. The van der Waals surface area contributed by atoms with E-state index >= 15 is 0 Å². The maximum atomic E-state index is 13.1. The lowest BCUT2D eigenvalue weighted by atomic mass is 10.2. The third kappa shape index (κ3) is 5.96. The highest BCUT2D eigenvalue weighted by molar-refractivity contribution is 7.89. The average molecular weight is 487 g/mol. The Balaban J connectivity index is 1.20. The number of hydrogen-bond donors (Lipinski definition) is 0. The van der Waals surface area contributed by atoms with E-state index in [2.05, 4.69) is 9.80 Å². The molecule has 34 heavy (non-hydrogen) atoms. The molecule has 0 spiro atoms. The third-order valence-electron chi connectivity index (χ3n) is 6.66. The molecule has 2 fully saturated rings. The summed E-state index contributed by atoms with van der Waals surface area (Å²) >= 11 is 0. The van der Waals surface area contributed by atoms with Crippen molar-refractivity contribution in [2.45, 2.75) is 17.9 Å². The summed E-state index contributed by atoms with van der Waals surface area (Å²) in [6, 6.07) is 18.1. The maximum absolute atomic E-state index is 13.1. The van der Waals surface area contributed by atoms with Crippen LogP contribution in [0.2, 0.25) is 0 Å². The van der Waals surface area contributed by atoms with Crippen LogP contribution in [0.25, 0.3) is 0 Å². The maximum Gasteiger partial charge on any atom is 0.243 e. The number of carbonyl (C=O) groups excluding carboxylic acids is 1. The normalized spacial score (nSPS) is 19.6. The average Bonchev–Trinajstić information content (AvgIpc) is 2.89. The zero-order chi connectivity index (χ0) is 24.0. The Morgan fingerprint density at radius 3 is 2.06 bits per heavy atom. The van der Waals surface area contributed by atoms with E-state index in [1.54, 1.807) is 30.3 Å². The quantitative estimate of drug-likeness (QED) is 0.565. The van der Waals surface area contributed by atoms with Gasteiger partial charge in [0.25, 0.3) is 0 Å². The van der Waals surface area contributed by atoms with Gasteiger partial charge in [0, 0.05) is 58.9 Å². The highest BCUT2D eigenvalue weighted by Gasteiger charge is 2.33. The molecular weight excluding hydrogens is 452 g/mol. The second-order valence-electron chi connectivity index (χ2n) is 8.76. The van der Waals surface area contributed by atoms with E-state index < -0.39 is 10.0 Å². The molecule has 1 unspecified atom stereocenters. The summed E-state index contributed by atoms with van der Waals surface area (Å²) in [6.07, 6.45) is 0. The molecule has 2 aliphatic heterocycles. The van der Waals surface area contributed by atoms with Crippen LogP contribution >= 0.6 is 0 Å². The molecule has 1 atom stereocenters. The molecule has 0 radical (unpaired) electrons. The van der Waals surface area contributed by atoms with Crippen LogP contribution in [0, 0.1) is 0 Å². The summed E-state index contributed by atoms with van der Waals surface area (Å²) in [5.41, 5.74) is 0. The number of amides is 1. The largest absolute Gasteiger partial charge is 0.492 e. The van der Waals surface area contributed by atoms with Crippen molar-refractivity contribution in [3.8, 4) is 5.75 Å². The molecular formula is C25H34N4O4S. The van der Waals surface area contributed by atoms with Crippen molar-refractivity contribution in [1.29, 1.82) is 0 Å². The Morgan fingerprint density at radius 2 is 1.44 bits per heavy atom. The van der Waals surface area contributed by atoms with E-state index in [0.29, 0.717) is 37.7 Å². The minimum atomic E-state index is -3.51. The molecule has 0 N–H and O–H groups in total. The number of benzene rings is 2. The van der Waals surface area contributed by atoms with Crippen molar-refractivity contribution in [2.75, 3.05) is 65.5 Å². The predicted octanol–water partition coefficient (Wildman–Crippen LogP) is 1.60. The van der Waals surface area contributed by atoms with Gasteiger partial charge in [-0.15, -0.1) is 0 Å². The molecule has 2 aromatic rings. The van der Waals surface area contributed by atoms with E-state index in [0.717, 1.165) is 38.5 Å². The molecule has 2 saturated heterocycles. The molecule has 0 aliphatic carbocycles. The molecule has 9 heteroatoms. The number of ether oxygens (including phenoxy) is 1. The fraction of sp³-hybridized carbons (Fsp3) is 0.480. The molecule has 4 rings (SSSR count). The summed E-state index contributed by atoms with van der Waals surface area (Å²) in [5.74, 6) is 0.967. The molecule has 0 aromatic heterocycles. The van der Waals surface area contributed by atoms with Crippen molar-refractivity contribution in [1.82, 2.24) is 19.0 Å². The molecule has 0 saturated carbocycles. The van der Waals surface area contributed by atoms with Gasteiger partial charge in [-0.3, -0.25) is 14.6 Å². The zero-order valence-corrected chi connectivity index (χ0v) is 20.6. The van der Waals surface area contributed by atoms with Gasteiger partial charge in [-0.05, 0) is 31.2 Å². The standard InChI is InChI=1S/C25H34N4O4S/c1-22(27-14-12-26(13-15-27)20-21-33-23-8-4-2-5-9-23)25(30)28-16-18-29(19-17-28)34(31,32)24-10-6-3-7-11-24/h2-11,22H,12-21H2,1H3. The Morgan fingerprint density at radius 1 is 0.853 bits per heavy atom. The van der Waals surface area contributed by atoms with Crippen molar-refractivity contribution in [2.24, 2.45) is 0 Å². The molecule has 0 bridgehead atoms. The Hall–Kier alpha value is -2.46. The van der Waals surface area contributed by atoms with Crippen LogP contribution in [0.4, 0.5) is 0 Å². The minimum Gasteiger partial charge on any atom is -0.492 e. The Labute approximate surface area is 202 Å². The first-order valence-corrected chi connectivity index (χ1v) is 13.4. The number of rotatable bonds is 8. The van der Waals surface area contributed by atoms with Gasteiger partial charge in [-0.2, -0.15) is 4.31 Å². The van der Waals surface area contributed by atoms with E-state index in [1.807, 2.05) is 42.2 Å². The Kier molecular flexibility index (Phi) is 8.20. The Bertz CT molecular complexity index is 1020. The van der Waals surface area contributed by atoms with Crippen LogP contribution in [-0.4, -0.2) is 105 Å². The van der Waals surface area contributed by atoms with Gasteiger partial charge >= 0.3 is 0 Å². The van der Waals surface area contributed by atoms with Gasteiger partial charge in [0.15, 0.2) is 0 Å². The number of para-hydroxylation sites is 1. The fourth-order valence-corrected chi connectivity index (χ4v) is 5.94. The molecule has 2 heterocycles. The summed E-state index contributed by atoms with van der Waals surface area (Å²) in [7, 11) is -3.51. The number of sulfonamides is 1. The second kappa shape index (κ2) is 11.3. The number of carbonyl (C=O) groups is 1. The summed E-state index contributed by atoms with van der Waals surface area (Å²) in [4.78, 5) is 19.8. The summed E-state index contributed by atoms with van der Waals surface area (Å²) in [5, 5.41) is 0. The monoisotopic (exact) mass is 486 g/mol. The number of hydrogen-bond acceptors (Lipinski definition) is 6. The van der Waals surface area contributed by atoms with E-state index in [9.17, 15) is 13.2 Å². The van der Waals surface area contributed by atoms with Crippen molar-refractivity contribution in [3.05, 3.63) is 60.7 Å². The van der Waals surface area contributed by atoms with Gasteiger partial charge in [-0.1, -0.05) is 36.4 Å². The van der Waals surface area contributed by atoms with Crippen molar-refractivity contribution >= 4 is 15.9 Å². The van der Waals surface area contributed by atoms with Gasteiger partial charge in [-0.25, -0.2) is 8.42 Å². The lowest BCUT2D eigenvalue weighted by Gasteiger charge is -2.40. The number of nitrogens with zero attached hydrogens (tertiary/aromatic N) is 4. The van der Waals surface area contributed by atoms with E-state index in [1.165, 1.54) is 4.31 Å². The van der Waals surface area contributed by atoms with Crippen LogP contribution in [0.15, 0.2) is 65.6 Å². The van der Waals surface area contributed by atoms with Gasteiger partial charge in [0.05, 0.1) is 10.9 Å². The van der Waals surface area contributed by atoms with Gasteiger partial charge < -0.3 is 9.64 Å². The first-order chi connectivity index (χ1) is 16.4. The van der Waals surface area contributed by atoms with Gasteiger partial charge in [0.1, 0.15) is 12.4 Å². The third-order valence-corrected chi connectivity index (χ3v) is 8.58. The number of piperazine rings is 2. The van der Waals surface area contributed by atoms with E-state index in [-0.39, 0.29) is 11.9 Å². The SMILES string of the molecule is CC(C(=O)N1CCN(S(=O)(=O)c2ccccc2)CC1)N1CCN(CCOc2ccccc2)CC1. The molecule has 8 nitrogen and oxygen atoms in total. The lowest BCUT2D eigenvalue weighted by molar-refractivity contribution is -0.138. The molecule has 2 aromatic carbocycles. The molecule has 1 amide bonds. The van der Waals surface area contributed by atoms with Crippen molar-refractivity contribution < 1.29 is 17.9 Å². The highest BCUT2D eigenvalue weighted by Crippen LogP contribution is 2.18. The van der Waals surface area contributed by atoms with Crippen LogP contribution in [0.5, 0.6) is 5.75 Å². The van der Waals surface area contributed by atoms with Crippen LogP contribution < -0.4 is 4.74 Å². The smallest absolute Gasteiger partial charge is 0.243 e. The topological polar surface area (TPSA) is 73.4 Å². The summed E-state index contributed by atoms with van der Waals surface area (Å²) in [6.45, 7) is 8.44. The fourth-order valence-electron chi connectivity index (χ4n) is 4.49. The van der Waals surface area contributed by atoms with Crippen LogP contribution in [0.3, 0.4) is 0 Å². The van der Waals surface area contributed by atoms with Gasteiger partial charge in [0.2, 0.25) is 15.9 Å². The van der Waals surface area contributed by atoms with E-state index in [4.69, 9.17) is 4.74 Å². The predicted molar refractivity (Wildman–Crippen MR) is 131 cm³/mol. The summed E-state index contributed by atoms with van der Waals surface area (Å²) < 4.78 is 32.9. The lowest BCUT2D eigenvalue weighted by Crippen LogP contribution is -2.58. The van der Waals surface area contributed by atoms with Crippen LogP contribution in [-0.2, 0) is 14.8 Å². The molecule has 184 valence electrons. The highest BCUT2D eigenvalue weighted by atomic mass is 32.2. The molecule has 2 aliphatic rings. The zero-order valence-electron chi connectivity index (χ0n) is 19.8. The second-order valence-corrected chi connectivity index (χ2v) is 10.7. The first-order valence-electron chi connectivity index (χ1n) is 11.9. The van der Waals surface area contributed by atoms with Crippen molar-refractivity contribution in [3.63, 3.8) is 0 Å².